The predicted molar refractivity (Wildman–Crippen MR) is 56.6 cm³/mol. The number of ether oxygens (including phenoxy) is 2. The van der Waals surface area contributed by atoms with Gasteiger partial charge in [0.1, 0.15) is 17.6 Å². The van der Waals surface area contributed by atoms with E-state index in [0.717, 1.165) is 16.9 Å². The number of rotatable bonds is 1. The maximum atomic E-state index is 11.1. The molecule has 16 heavy (non-hydrogen) atoms. The molecule has 0 spiro atoms. The van der Waals surface area contributed by atoms with Gasteiger partial charge in [0.25, 0.3) is 0 Å². The SMILES string of the molecule is COC1=C2C=COC2Cc2oc(=O)ccc21. The molecule has 3 rings (SSSR count). The maximum Gasteiger partial charge on any atom is 0.335 e. The Labute approximate surface area is 91.8 Å². The third-order valence-electron chi connectivity index (χ3n) is 2.83. The van der Waals surface area contributed by atoms with Gasteiger partial charge in [-0.3, -0.25) is 0 Å². The molecule has 0 radical (unpaired) electrons. The number of hydrogen-bond donors (Lipinski definition) is 0. The Bertz CT molecular complexity index is 550. The second-order valence-corrected chi connectivity index (χ2v) is 3.71. The van der Waals surface area contributed by atoms with E-state index in [1.807, 2.05) is 6.08 Å². The van der Waals surface area contributed by atoms with Gasteiger partial charge >= 0.3 is 5.63 Å². The molecule has 2 aliphatic rings. The molecule has 1 aromatic heterocycles. The number of hydrogen-bond acceptors (Lipinski definition) is 4. The highest BCUT2D eigenvalue weighted by molar-refractivity contribution is 5.70. The van der Waals surface area contributed by atoms with Gasteiger partial charge in [0, 0.05) is 18.1 Å². The van der Waals surface area contributed by atoms with Gasteiger partial charge in [0.15, 0.2) is 0 Å². The summed E-state index contributed by atoms with van der Waals surface area (Å²) in [7, 11) is 1.60. The quantitative estimate of drug-likeness (QED) is 0.716. The smallest absolute Gasteiger partial charge is 0.335 e. The van der Waals surface area contributed by atoms with Crippen molar-refractivity contribution < 1.29 is 13.9 Å². The molecule has 1 aliphatic heterocycles. The number of fused-ring (bicyclic) bond motifs is 2. The van der Waals surface area contributed by atoms with E-state index in [4.69, 9.17) is 13.9 Å². The Morgan fingerprint density at radius 1 is 1.44 bits per heavy atom. The minimum absolute atomic E-state index is 0.0898. The normalized spacial score (nSPS) is 21.4. The first kappa shape index (κ1) is 9.27. The molecule has 0 N–H and O–H groups in total. The minimum atomic E-state index is -0.344. The molecule has 0 aromatic carbocycles. The molecular weight excluding hydrogens is 208 g/mol. The molecule has 0 bridgehead atoms. The zero-order valence-corrected chi connectivity index (χ0v) is 8.73. The lowest BCUT2D eigenvalue weighted by Gasteiger charge is -2.22. The van der Waals surface area contributed by atoms with E-state index in [9.17, 15) is 4.79 Å². The summed E-state index contributed by atoms with van der Waals surface area (Å²) in [5.74, 6) is 1.35. The van der Waals surface area contributed by atoms with Crippen LogP contribution in [-0.2, 0) is 15.9 Å². The van der Waals surface area contributed by atoms with E-state index < -0.39 is 0 Å². The third kappa shape index (κ3) is 1.19. The molecule has 82 valence electrons. The minimum Gasteiger partial charge on any atom is -0.496 e. The van der Waals surface area contributed by atoms with Gasteiger partial charge in [0.05, 0.1) is 18.9 Å². The van der Waals surface area contributed by atoms with Crippen molar-refractivity contribution in [3.8, 4) is 0 Å². The van der Waals surface area contributed by atoms with E-state index in [1.54, 1.807) is 19.4 Å². The summed E-state index contributed by atoms with van der Waals surface area (Å²) in [5, 5.41) is 0. The largest absolute Gasteiger partial charge is 0.496 e. The fourth-order valence-electron chi connectivity index (χ4n) is 2.13. The lowest BCUT2D eigenvalue weighted by atomic mass is 9.93. The van der Waals surface area contributed by atoms with Crippen molar-refractivity contribution in [3.63, 3.8) is 0 Å². The van der Waals surface area contributed by atoms with Crippen LogP contribution in [-0.4, -0.2) is 13.2 Å². The summed E-state index contributed by atoms with van der Waals surface area (Å²) >= 11 is 0. The first-order valence-corrected chi connectivity index (χ1v) is 5.03. The van der Waals surface area contributed by atoms with Gasteiger partial charge in [-0.1, -0.05) is 0 Å². The summed E-state index contributed by atoms with van der Waals surface area (Å²) in [6.45, 7) is 0. The fraction of sp³-hybridized carbons (Fsp3) is 0.250. The average Bonchev–Trinajstić information content (AvgIpc) is 2.73. The molecule has 0 saturated heterocycles. The van der Waals surface area contributed by atoms with Crippen LogP contribution in [0.3, 0.4) is 0 Å². The zero-order chi connectivity index (χ0) is 11.1. The van der Waals surface area contributed by atoms with Crippen LogP contribution in [0.15, 0.2) is 39.3 Å². The van der Waals surface area contributed by atoms with E-state index in [2.05, 4.69) is 0 Å². The van der Waals surface area contributed by atoms with E-state index in [1.165, 1.54) is 6.07 Å². The van der Waals surface area contributed by atoms with Crippen molar-refractivity contribution in [1.82, 2.24) is 0 Å². The Kier molecular flexibility index (Phi) is 1.89. The lowest BCUT2D eigenvalue weighted by molar-refractivity contribution is 0.181. The molecule has 1 aromatic rings. The second-order valence-electron chi connectivity index (χ2n) is 3.71. The van der Waals surface area contributed by atoms with Gasteiger partial charge < -0.3 is 13.9 Å². The highest BCUT2D eigenvalue weighted by atomic mass is 16.5. The molecule has 1 atom stereocenters. The van der Waals surface area contributed by atoms with E-state index in [-0.39, 0.29) is 11.7 Å². The average molecular weight is 218 g/mol. The zero-order valence-electron chi connectivity index (χ0n) is 8.73. The van der Waals surface area contributed by atoms with Gasteiger partial charge in [-0.15, -0.1) is 0 Å². The van der Waals surface area contributed by atoms with Crippen LogP contribution in [0.1, 0.15) is 11.3 Å². The van der Waals surface area contributed by atoms with Crippen molar-refractivity contribution in [3.05, 3.63) is 51.8 Å². The van der Waals surface area contributed by atoms with Crippen molar-refractivity contribution >= 4 is 5.76 Å². The fourth-order valence-corrected chi connectivity index (χ4v) is 2.13. The highest BCUT2D eigenvalue weighted by Gasteiger charge is 2.32. The highest BCUT2D eigenvalue weighted by Crippen LogP contribution is 2.35. The van der Waals surface area contributed by atoms with Gasteiger partial charge in [0.2, 0.25) is 0 Å². The summed E-state index contributed by atoms with van der Waals surface area (Å²) in [6, 6.07) is 3.13. The van der Waals surface area contributed by atoms with Crippen LogP contribution < -0.4 is 5.63 Å². The standard InChI is InChI=1S/C12H10O4/c1-14-12-7-2-3-11(13)16-10(7)6-9-8(12)4-5-15-9/h2-5,9H,6H2,1H3. The van der Waals surface area contributed by atoms with E-state index in [0.29, 0.717) is 12.2 Å². The van der Waals surface area contributed by atoms with Gasteiger partial charge in [-0.25, -0.2) is 4.79 Å². The van der Waals surface area contributed by atoms with Crippen LogP contribution in [0.5, 0.6) is 0 Å². The van der Waals surface area contributed by atoms with Crippen molar-refractivity contribution in [2.45, 2.75) is 12.5 Å². The molecule has 4 heteroatoms. The first-order chi connectivity index (χ1) is 7.79. The van der Waals surface area contributed by atoms with Crippen LogP contribution in [0, 0.1) is 0 Å². The molecule has 1 unspecified atom stereocenters. The predicted octanol–water partition coefficient (Wildman–Crippen LogP) is 1.47. The molecule has 1 aliphatic carbocycles. The van der Waals surface area contributed by atoms with Crippen molar-refractivity contribution in [2.24, 2.45) is 0 Å². The molecule has 2 heterocycles. The van der Waals surface area contributed by atoms with Gasteiger partial charge in [-0.05, 0) is 12.1 Å². The topological polar surface area (TPSA) is 48.7 Å². The molecule has 0 saturated carbocycles. The van der Waals surface area contributed by atoms with Crippen LogP contribution in [0.2, 0.25) is 0 Å². The second kappa shape index (κ2) is 3.27. The van der Waals surface area contributed by atoms with Crippen LogP contribution in [0.4, 0.5) is 0 Å². The van der Waals surface area contributed by atoms with Crippen molar-refractivity contribution in [2.75, 3.05) is 7.11 Å². The Morgan fingerprint density at radius 3 is 3.12 bits per heavy atom. The monoisotopic (exact) mass is 218 g/mol. The van der Waals surface area contributed by atoms with E-state index >= 15 is 0 Å². The lowest BCUT2D eigenvalue weighted by Crippen LogP contribution is -2.21. The van der Waals surface area contributed by atoms with Crippen LogP contribution in [0.25, 0.3) is 5.76 Å². The molecular formula is C12H10O4. The Morgan fingerprint density at radius 2 is 2.31 bits per heavy atom. The summed E-state index contributed by atoms with van der Waals surface area (Å²) in [5.41, 5.74) is 1.50. The molecule has 0 fully saturated rings. The Balaban J connectivity index is 2.23. The summed E-state index contributed by atoms with van der Waals surface area (Å²) < 4.78 is 15.9. The summed E-state index contributed by atoms with van der Waals surface area (Å²) in [4.78, 5) is 11.1. The van der Waals surface area contributed by atoms with Crippen molar-refractivity contribution in [1.29, 1.82) is 0 Å². The number of methoxy groups -OCH3 is 1. The first-order valence-electron chi connectivity index (χ1n) is 5.03. The Hall–Kier alpha value is -1.97. The molecule has 4 nitrogen and oxygen atoms in total. The third-order valence-corrected chi connectivity index (χ3v) is 2.83. The van der Waals surface area contributed by atoms with Crippen LogP contribution >= 0.6 is 0 Å². The van der Waals surface area contributed by atoms with Gasteiger partial charge in [-0.2, -0.15) is 0 Å². The molecule has 0 amide bonds. The maximum absolute atomic E-state index is 11.1. The summed E-state index contributed by atoms with van der Waals surface area (Å²) in [6.07, 6.45) is 4.01.